The van der Waals surface area contributed by atoms with Gasteiger partial charge in [0.05, 0.1) is 6.61 Å². The molecule has 15 heavy (non-hydrogen) atoms. The Morgan fingerprint density at radius 1 is 1.47 bits per heavy atom. The SMILES string of the molecule is C=C(C)C(Cl)(C/C=C\CC)C(=O)OCC. The number of esters is 1. The van der Waals surface area contributed by atoms with Crippen LogP contribution in [0.5, 0.6) is 0 Å². The van der Waals surface area contributed by atoms with Crippen LogP contribution in [-0.4, -0.2) is 17.5 Å². The maximum Gasteiger partial charge on any atom is 0.331 e. The first-order chi connectivity index (χ1) is 6.99. The molecule has 3 heteroatoms. The van der Waals surface area contributed by atoms with Crippen molar-refractivity contribution in [1.29, 1.82) is 0 Å². The van der Waals surface area contributed by atoms with Crippen LogP contribution in [-0.2, 0) is 9.53 Å². The quantitative estimate of drug-likeness (QED) is 0.397. The van der Waals surface area contributed by atoms with Crippen LogP contribution in [0.2, 0.25) is 0 Å². The molecule has 0 saturated heterocycles. The molecule has 0 N–H and O–H groups in total. The summed E-state index contributed by atoms with van der Waals surface area (Å²) in [6.45, 7) is 9.60. The molecule has 0 bridgehead atoms. The molecule has 0 aliphatic heterocycles. The summed E-state index contributed by atoms with van der Waals surface area (Å²) < 4.78 is 4.93. The Hall–Kier alpha value is -0.760. The van der Waals surface area contributed by atoms with Crippen molar-refractivity contribution in [2.75, 3.05) is 6.61 Å². The van der Waals surface area contributed by atoms with E-state index >= 15 is 0 Å². The molecule has 0 heterocycles. The Kier molecular flexibility index (Phi) is 6.34. The van der Waals surface area contributed by atoms with Crippen LogP contribution in [0.1, 0.15) is 33.6 Å². The fourth-order valence-corrected chi connectivity index (χ4v) is 1.23. The van der Waals surface area contributed by atoms with Crippen LogP contribution >= 0.6 is 11.6 Å². The van der Waals surface area contributed by atoms with Gasteiger partial charge in [-0.2, -0.15) is 0 Å². The Balaban J connectivity index is 4.66. The van der Waals surface area contributed by atoms with Crippen molar-refractivity contribution in [3.8, 4) is 0 Å². The first kappa shape index (κ1) is 14.2. The highest BCUT2D eigenvalue weighted by Crippen LogP contribution is 2.30. The fourth-order valence-electron chi connectivity index (χ4n) is 1.09. The zero-order valence-corrected chi connectivity index (χ0v) is 10.4. The minimum Gasteiger partial charge on any atom is -0.464 e. The Bertz CT molecular complexity index is 258. The zero-order chi connectivity index (χ0) is 11.9. The van der Waals surface area contributed by atoms with Gasteiger partial charge in [-0.25, -0.2) is 4.79 Å². The van der Waals surface area contributed by atoms with Gasteiger partial charge in [0.15, 0.2) is 4.87 Å². The van der Waals surface area contributed by atoms with Crippen molar-refractivity contribution < 1.29 is 9.53 Å². The van der Waals surface area contributed by atoms with E-state index in [1.54, 1.807) is 13.8 Å². The highest BCUT2D eigenvalue weighted by Gasteiger charge is 2.37. The number of alkyl halides is 1. The molecule has 86 valence electrons. The van der Waals surface area contributed by atoms with Gasteiger partial charge >= 0.3 is 5.97 Å². The summed E-state index contributed by atoms with van der Waals surface area (Å²) in [5.74, 6) is -0.417. The molecule has 0 aromatic carbocycles. The molecule has 1 atom stereocenters. The van der Waals surface area contributed by atoms with Gasteiger partial charge in [0.2, 0.25) is 0 Å². The Labute approximate surface area is 97.0 Å². The summed E-state index contributed by atoms with van der Waals surface area (Å²) in [6, 6.07) is 0. The van der Waals surface area contributed by atoms with Crippen LogP contribution in [0.3, 0.4) is 0 Å². The fraction of sp³-hybridized carbons (Fsp3) is 0.583. The summed E-state index contributed by atoms with van der Waals surface area (Å²) >= 11 is 6.21. The normalized spacial score (nSPS) is 14.9. The largest absolute Gasteiger partial charge is 0.464 e. The number of halogens is 1. The number of hydrogen-bond acceptors (Lipinski definition) is 2. The monoisotopic (exact) mass is 230 g/mol. The summed E-state index contributed by atoms with van der Waals surface area (Å²) in [6.07, 6.45) is 5.21. The third-order valence-electron chi connectivity index (χ3n) is 2.08. The number of allylic oxidation sites excluding steroid dienone is 2. The van der Waals surface area contributed by atoms with Gasteiger partial charge in [-0.1, -0.05) is 25.7 Å². The molecule has 0 fully saturated rings. The lowest BCUT2D eigenvalue weighted by atomic mass is 9.96. The van der Waals surface area contributed by atoms with E-state index < -0.39 is 10.8 Å². The van der Waals surface area contributed by atoms with Crippen molar-refractivity contribution in [3.63, 3.8) is 0 Å². The lowest BCUT2D eigenvalue weighted by molar-refractivity contribution is -0.145. The average Bonchev–Trinajstić information content (AvgIpc) is 2.18. The van der Waals surface area contributed by atoms with Crippen LogP contribution < -0.4 is 0 Å². The van der Waals surface area contributed by atoms with Crippen LogP contribution in [0, 0.1) is 0 Å². The topological polar surface area (TPSA) is 26.3 Å². The molecule has 0 radical (unpaired) electrons. The minimum absolute atomic E-state index is 0.331. The van der Waals surface area contributed by atoms with Gasteiger partial charge in [0, 0.05) is 0 Å². The number of carbonyl (C=O) groups is 1. The van der Waals surface area contributed by atoms with Gasteiger partial charge in [-0.3, -0.25) is 0 Å². The molecule has 0 aliphatic rings. The lowest BCUT2D eigenvalue weighted by Crippen LogP contribution is -2.35. The average molecular weight is 231 g/mol. The molecule has 0 aromatic heterocycles. The molecule has 0 amide bonds. The van der Waals surface area contributed by atoms with Gasteiger partial charge < -0.3 is 4.74 Å². The second-order valence-corrected chi connectivity index (χ2v) is 4.03. The van der Waals surface area contributed by atoms with Gasteiger partial charge in [0.1, 0.15) is 0 Å². The predicted octanol–water partition coefficient (Wildman–Crippen LogP) is 3.46. The molecule has 2 nitrogen and oxygen atoms in total. The number of hydrogen-bond donors (Lipinski definition) is 0. The number of ether oxygens (including phenoxy) is 1. The summed E-state index contributed by atoms with van der Waals surface area (Å²) in [7, 11) is 0. The maximum absolute atomic E-state index is 11.7. The van der Waals surface area contributed by atoms with Crippen LogP contribution in [0.15, 0.2) is 24.3 Å². The molecule has 0 aliphatic carbocycles. The van der Waals surface area contributed by atoms with Gasteiger partial charge in [0.25, 0.3) is 0 Å². The molecular weight excluding hydrogens is 212 g/mol. The minimum atomic E-state index is -1.11. The van der Waals surface area contributed by atoms with E-state index in [-0.39, 0.29) is 0 Å². The molecule has 0 rings (SSSR count). The van der Waals surface area contributed by atoms with Crippen molar-refractivity contribution >= 4 is 17.6 Å². The number of carbonyl (C=O) groups excluding carboxylic acids is 1. The highest BCUT2D eigenvalue weighted by atomic mass is 35.5. The smallest absolute Gasteiger partial charge is 0.331 e. The van der Waals surface area contributed by atoms with E-state index in [0.29, 0.717) is 18.6 Å². The summed E-state index contributed by atoms with van der Waals surface area (Å²) in [4.78, 5) is 10.5. The summed E-state index contributed by atoms with van der Waals surface area (Å²) in [5, 5.41) is 0. The first-order valence-corrected chi connectivity index (χ1v) is 5.54. The van der Waals surface area contributed by atoms with Crippen molar-refractivity contribution in [3.05, 3.63) is 24.3 Å². The second kappa shape index (κ2) is 6.67. The summed E-state index contributed by atoms with van der Waals surface area (Å²) in [5.41, 5.74) is 0.614. The van der Waals surface area contributed by atoms with Crippen LogP contribution in [0.4, 0.5) is 0 Å². The van der Waals surface area contributed by atoms with E-state index in [2.05, 4.69) is 6.58 Å². The van der Waals surface area contributed by atoms with Crippen LogP contribution in [0.25, 0.3) is 0 Å². The van der Waals surface area contributed by atoms with E-state index in [1.165, 1.54) is 0 Å². The van der Waals surface area contributed by atoms with Gasteiger partial charge in [-0.15, -0.1) is 11.6 Å². The van der Waals surface area contributed by atoms with E-state index in [9.17, 15) is 4.79 Å². The van der Waals surface area contributed by atoms with E-state index in [4.69, 9.17) is 16.3 Å². The highest BCUT2D eigenvalue weighted by molar-refractivity contribution is 6.36. The van der Waals surface area contributed by atoms with Gasteiger partial charge in [-0.05, 0) is 32.3 Å². The standard InChI is InChI=1S/C12H19ClO2/c1-5-7-8-9-12(13,10(3)4)11(14)15-6-2/h7-8H,3,5-6,9H2,1-2,4H3/b8-7-. The Morgan fingerprint density at radius 3 is 2.47 bits per heavy atom. The van der Waals surface area contributed by atoms with Crippen molar-refractivity contribution in [2.24, 2.45) is 0 Å². The third kappa shape index (κ3) is 4.08. The number of rotatable bonds is 6. The maximum atomic E-state index is 11.7. The van der Waals surface area contributed by atoms with E-state index in [1.807, 2.05) is 19.1 Å². The molecular formula is C12H19ClO2. The van der Waals surface area contributed by atoms with Crippen molar-refractivity contribution in [2.45, 2.75) is 38.5 Å². The zero-order valence-electron chi connectivity index (χ0n) is 9.68. The van der Waals surface area contributed by atoms with Crippen molar-refractivity contribution in [1.82, 2.24) is 0 Å². The van der Waals surface area contributed by atoms with E-state index in [0.717, 1.165) is 6.42 Å². The molecule has 1 unspecified atom stereocenters. The molecule has 0 spiro atoms. The first-order valence-electron chi connectivity index (χ1n) is 5.16. The second-order valence-electron chi connectivity index (χ2n) is 3.39. The lowest BCUT2D eigenvalue weighted by Gasteiger charge is -2.23. The third-order valence-corrected chi connectivity index (χ3v) is 2.71. The predicted molar refractivity (Wildman–Crippen MR) is 64.1 cm³/mol. The molecule has 0 aromatic rings. The molecule has 0 saturated carbocycles. The Morgan fingerprint density at radius 2 is 2.07 bits per heavy atom.